The predicted molar refractivity (Wildman–Crippen MR) is 171 cm³/mol. The molecule has 5 rings (SSSR count). The number of hydrogen-bond donors (Lipinski definition) is 2. The van der Waals surface area contributed by atoms with Crippen molar-refractivity contribution in [2.24, 2.45) is 5.92 Å². The normalized spacial score (nSPS) is 19.3. The molecule has 2 N–H and O–H groups in total. The lowest BCUT2D eigenvalue weighted by Gasteiger charge is -2.36. The van der Waals surface area contributed by atoms with Crippen molar-refractivity contribution in [3.8, 4) is 22.8 Å². The number of methoxy groups -OCH3 is 2. The Morgan fingerprint density at radius 2 is 1.98 bits per heavy atom. The number of fused-ring (bicyclic) bond motifs is 1. The summed E-state index contributed by atoms with van der Waals surface area (Å²) in [5.41, 5.74) is 4.94. The highest BCUT2D eigenvalue weighted by molar-refractivity contribution is 6.32. The van der Waals surface area contributed by atoms with E-state index in [0.29, 0.717) is 48.6 Å². The van der Waals surface area contributed by atoms with Crippen LogP contribution >= 0.6 is 11.6 Å². The molecule has 1 aromatic heterocycles. The Bertz CT molecular complexity index is 1440. The van der Waals surface area contributed by atoms with E-state index in [9.17, 15) is 15.0 Å². The number of nitrogens with zero attached hydrogens (tertiary/aromatic N) is 3. The predicted octanol–water partition coefficient (Wildman–Crippen LogP) is 5.43. The smallest absolute Gasteiger partial charge is 0.309 e. The monoisotopic (exact) mass is 623 g/mol. The van der Waals surface area contributed by atoms with Crippen LogP contribution in [0.4, 0.5) is 5.82 Å². The number of rotatable bonds is 12. The maximum atomic E-state index is 11.7. The maximum absolute atomic E-state index is 11.7. The number of carboxylic acid groups (broad SMARTS) is 1. The number of ether oxygens (including phenoxy) is 3. The molecule has 3 aromatic rings. The van der Waals surface area contributed by atoms with Gasteiger partial charge in [0, 0.05) is 57.1 Å². The van der Waals surface area contributed by atoms with Gasteiger partial charge in [0.1, 0.15) is 23.9 Å². The van der Waals surface area contributed by atoms with Crippen molar-refractivity contribution in [2.45, 2.75) is 57.9 Å². The largest absolute Gasteiger partial charge is 0.496 e. The van der Waals surface area contributed by atoms with Crippen LogP contribution in [0.5, 0.6) is 11.5 Å². The van der Waals surface area contributed by atoms with Gasteiger partial charge < -0.3 is 29.3 Å². The third-order valence-electron chi connectivity index (χ3n) is 8.92. The van der Waals surface area contributed by atoms with Gasteiger partial charge in [0.15, 0.2) is 0 Å². The molecule has 0 radical (unpaired) electrons. The molecule has 1 fully saturated rings. The zero-order valence-corrected chi connectivity index (χ0v) is 26.4. The van der Waals surface area contributed by atoms with Crippen molar-refractivity contribution in [3.05, 3.63) is 70.2 Å². The van der Waals surface area contributed by atoms with Gasteiger partial charge in [-0.15, -0.1) is 0 Å². The van der Waals surface area contributed by atoms with E-state index >= 15 is 0 Å². The molecule has 0 aliphatic carbocycles. The summed E-state index contributed by atoms with van der Waals surface area (Å²) in [4.78, 5) is 21.1. The van der Waals surface area contributed by atoms with E-state index in [2.05, 4.69) is 22.8 Å². The highest BCUT2D eigenvalue weighted by Crippen LogP contribution is 2.38. The van der Waals surface area contributed by atoms with Crippen molar-refractivity contribution in [2.75, 3.05) is 45.4 Å². The molecule has 2 aromatic carbocycles. The van der Waals surface area contributed by atoms with Gasteiger partial charge in [-0.3, -0.25) is 9.69 Å². The third kappa shape index (κ3) is 6.96. The van der Waals surface area contributed by atoms with Crippen LogP contribution in [0.1, 0.15) is 42.9 Å². The summed E-state index contributed by atoms with van der Waals surface area (Å²) >= 11 is 6.69. The molecular weight excluding hydrogens is 582 g/mol. The second-order valence-corrected chi connectivity index (χ2v) is 11.9. The number of hydrogen-bond acceptors (Lipinski definition) is 8. The summed E-state index contributed by atoms with van der Waals surface area (Å²) in [5.74, 6) is 0.779. The number of benzene rings is 2. The number of aliphatic hydroxyl groups excluding tert-OH is 1. The van der Waals surface area contributed by atoms with Crippen LogP contribution in [0, 0.1) is 5.92 Å². The Labute approximate surface area is 264 Å². The molecule has 10 heteroatoms. The van der Waals surface area contributed by atoms with Crippen molar-refractivity contribution in [1.29, 1.82) is 0 Å². The zero-order chi connectivity index (χ0) is 31.2. The first-order chi connectivity index (χ1) is 21.4. The van der Waals surface area contributed by atoms with E-state index in [4.69, 9.17) is 30.8 Å². The molecule has 2 aliphatic heterocycles. The van der Waals surface area contributed by atoms with E-state index < -0.39 is 18.0 Å². The summed E-state index contributed by atoms with van der Waals surface area (Å²) in [6.45, 7) is 5.43. The molecular formula is C34H42ClN3O6. The average Bonchev–Trinajstić information content (AvgIpc) is 3.05. The Morgan fingerprint density at radius 3 is 2.70 bits per heavy atom. The minimum absolute atomic E-state index is 0.193. The molecule has 236 valence electrons. The Balaban J connectivity index is 1.35. The fourth-order valence-corrected chi connectivity index (χ4v) is 6.72. The molecule has 44 heavy (non-hydrogen) atoms. The molecule has 1 unspecified atom stereocenters. The Morgan fingerprint density at radius 1 is 1.16 bits per heavy atom. The second-order valence-electron chi connectivity index (χ2n) is 11.5. The molecule has 2 aliphatic rings. The number of para-hydroxylation sites is 1. The van der Waals surface area contributed by atoms with Gasteiger partial charge in [-0.05, 0) is 67.1 Å². The molecule has 0 spiro atoms. The fourth-order valence-electron chi connectivity index (χ4n) is 6.49. The quantitative estimate of drug-likeness (QED) is 0.273. The van der Waals surface area contributed by atoms with Crippen molar-refractivity contribution >= 4 is 23.4 Å². The van der Waals surface area contributed by atoms with Gasteiger partial charge in [0.25, 0.3) is 0 Å². The first-order valence-corrected chi connectivity index (χ1v) is 15.7. The molecule has 9 nitrogen and oxygen atoms in total. The SMILES string of the molecule is CCC(CCO)N1CCc2cc(COc3c(Cl)cccc3-c3cccc(N4CC[C@H](C(=O)O)[C@H](OC)C4)n3)cc(OC)c2C1. The first kappa shape index (κ1) is 32.0. The number of anilines is 1. The lowest BCUT2D eigenvalue weighted by molar-refractivity contribution is -0.147. The van der Waals surface area contributed by atoms with Crippen LogP contribution in [0.15, 0.2) is 48.5 Å². The number of halogens is 1. The topological polar surface area (TPSA) is 105 Å². The number of aliphatic hydroxyl groups is 1. The zero-order valence-electron chi connectivity index (χ0n) is 25.7. The molecule has 0 saturated carbocycles. The number of aromatic nitrogens is 1. The number of carbonyl (C=O) groups is 1. The fraction of sp³-hybridized carbons (Fsp3) is 0.471. The Kier molecular flexibility index (Phi) is 10.6. The van der Waals surface area contributed by atoms with E-state index in [0.717, 1.165) is 55.0 Å². The maximum Gasteiger partial charge on any atom is 0.309 e. The minimum atomic E-state index is -0.833. The third-order valence-corrected chi connectivity index (χ3v) is 9.22. The molecule has 3 heterocycles. The number of piperidine rings is 1. The van der Waals surface area contributed by atoms with Crippen LogP contribution in [-0.2, 0) is 29.1 Å². The molecule has 3 atom stereocenters. The summed E-state index contributed by atoms with van der Waals surface area (Å²) in [5, 5.41) is 19.6. The lowest BCUT2D eigenvalue weighted by atomic mass is 9.94. The average molecular weight is 624 g/mol. The van der Waals surface area contributed by atoms with Gasteiger partial charge in [0.05, 0.1) is 29.8 Å². The Hall–Kier alpha value is -3.37. The number of pyridine rings is 1. The van der Waals surface area contributed by atoms with Crippen LogP contribution in [0.25, 0.3) is 11.3 Å². The van der Waals surface area contributed by atoms with Gasteiger partial charge in [-0.2, -0.15) is 0 Å². The summed E-state index contributed by atoms with van der Waals surface area (Å²) in [7, 11) is 3.26. The van der Waals surface area contributed by atoms with Gasteiger partial charge in [-0.25, -0.2) is 4.98 Å². The van der Waals surface area contributed by atoms with Crippen molar-refractivity contribution in [3.63, 3.8) is 0 Å². The molecule has 0 bridgehead atoms. The van der Waals surface area contributed by atoms with Crippen LogP contribution in [0.3, 0.4) is 0 Å². The summed E-state index contributed by atoms with van der Waals surface area (Å²) in [6, 6.07) is 16.0. The van der Waals surface area contributed by atoms with Gasteiger partial charge in [0.2, 0.25) is 0 Å². The van der Waals surface area contributed by atoms with E-state index in [-0.39, 0.29) is 6.61 Å². The van der Waals surface area contributed by atoms with Gasteiger partial charge >= 0.3 is 5.97 Å². The van der Waals surface area contributed by atoms with E-state index in [1.165, 1.54) is 11.1 Å². The van der Waals surface area contributed by atoms with Crippen molar-refractivity contribution < 1.29 is 29.2 Å². The van der Waals surface area contributed by atoms with Crippen LogP contribution in [0.2, 0.25) is 5.02 Å². The van der Waals surface area contributed by atoms with Crippen LogP contribution in [-0.4, -0.2) is 78.7 Å². The first-order valence-electron chi connectivity index (χ1n) is 15.3. The number of aliphatic carboxylic acids is 1. The standard InChI is InChI=1S/C34H42ClN3O6/c1-4-24(13-16-39)37-14-11-23-17-22(18-30(42-2)27(23)19-37)21-44-33-25(7-5-8-28(33)35)29-9-6-10-32(36-29)38-15-12-26(34(40)41)31(20-38)43-3/h5-10,17-18,24,26,31,39H,4,11-16,19-21H2,1-3H3,(H,40,41)/t24?,26-,31+/m0/s1. The van der Waals surface area contributed by atoms with Crippen LogP contribution < -0.4 is 14.4 Å². The van der Waals surface area contributed by atoms with E-state index in [1.54, 1.807) is 14.2 Å². The molecule has 1 saturated heterocycles. The van der Waals surface area contributed by atoms with Gasteiger partial charge in [-0.1, -0.05) is 36.7 Å². The number of carboxylic acids is 1. The summed E-state index contributed by atoms with van der Waals surface area (Å²) < 4.78 is 17.8. The van der Waals surface area contributed by atoms with E-state index in [1.807, 2.05) is 42.5 Å². The highest BCUT2D eigenvalue weighted by Gasteiger charge is 2.35. The highest BCUT2D eigenvalue weighted by atomic mass is 35.5. The summed E-state index contributed by atoms with van der Waals surface area (Å²) in [6.07, 6.45) is 2.74. The second kappa shape index (κ2) is 14.6. The van der Waals surface area contributed by atoms with Crippen molar-refractivity contribution in [1.82, 2.24) is 9.88 Å². The minimum Gasteiger partial charge on any atom is -0.496 e. The molecule has 0 amide bonds. The lowest BCUT2D eigenvalue weighted by Crippen LogP contribution is -2.47.